The summed E-state index contributed by atoms with van der Waals surface area (Å²) in [5, 5.41) is 12.0. The van der Waals surface area contributed by atoms with Crippen LogP contribution < -0.4 is 5.32 Å². The van der Waals surface area contributed by atoms with Crippen molar-refractivity contribution in [3.05, 3.63) is 59.4 Å². The van der Waals surface area contributed by atoms with Crippen LogP contribution in [-0.4, -0.2) is 28.1 Å². The number of carboxylic acids is 1. The first kappa shape index (κ1) is 15.8. The number of aromatic nitrogens is 1. The molecule has 1 heterocycles. The molecule has 0 fully saturated rings. The number of rotatable bonds is 6. The molecule has 5 nitrogen and oxygen atoms in total. The first-order chi connectivity index (χ1) is 10.5. The van der Waals surface area contributed by atoms with Gasteiger partial charge in [-0.25, -0.2) is 0 Å². The lowest BCUT2D eigenvalue weighted by Gasteiger charge is -2.14. The number of carbonyl (C=O) groups excluding carboxylic acids is 1. The molecule has 0 aliphatic rings. The van der Waals surface area contributed by atoms with Crippen molar-refractivity contribution in [2.75, 3.05) is 6.54 Å². The number of amides is 1. The summed E-state index contributed by atoms with van der Waals surface area (Å²) in [7, 11) is 1.77. The van der Waals surface area contributed by atoms with Gasteiger partial charge in [0.15, 0.2) is 0 Å². The van der Waals surface area contributed by atoms with Gasteiger partial charge in [-0.1, -0.05) is 29.8 Å². The van der Waals surface area contributed by atoms with Gasteiger partial charge in [-0.15, -0.1) is 0 Å². The Labute approximate surface area is 129 Å². The lowest BCUT2D eigenvalue weighted by molar-refractivity contribution is -0.141. The van der Waals surface area contributed by atoms with Gasteiger partial charge in [0.2, 0.25) is 0 Å². The summed E-state index contributed by atoms with van der Waals surface area (Å²) in [5.41, 5.74) is 2.56. The van der Waals surface area contributed by atoms with E-state index < -0.39 is 11.9 Å². The Morgan fingerprint density at radius 1 is 1.27 bits per heavy atom. The first-order valence-electron chi connectivity index (χ1n) is 7.15. The molecule has 2 N–H and O–H groups in total. The fraction of sp³-hybridized carbons (Fsp3) is 0.294. The number of hydrogen-bond donors (Lipinski definition) is 2. The van der Waals surface area contributed by atoms with Gasteiger partial charge < -0.3 is 15.0 Å². The zero-order chi connectivity index (χ0) is 16.1. The van der Waals surface area contributed by atoms with Gasteiger partial charge in [0.25, 0.3) is 5.91 Å². The van der Waals surface area contributed by atoms with Gasteiger partial charge in [-0.05, 0) is 31.0 Å². The topological polar surface area (TPSA) is 71.3 Å². The van der Waals surface area contributed by atoms with E-state index in [0.717, 1.165) is 11.1 Å². The Bertz CT molecular complexity index is 676. The number of carbonyl (C=O) groups is 2. The minimum absolute atomic E-state index is 0.104. The number of nitrogens with zero attached hydrogens (tertiary/aromatic N) is 1. The number of hydrogen-bond acceptors (Lipinski definition) is 2. The highest BCUT2D eigenvalue weighted by Gasteiger charge is 2.20. The van der Waals surface area contributed by atoms with Crippen LogP contribution in [0, 0.1) is 12.8 Å². The smallest absolute Gasteiger partial charge is 0.308 e. The molecule has 0 aliphatic carbocycles. The molecule has 1 amide bonds. The van der Waals surface area contributed by atoms with Gasteiger partial charge >= 0.3 is 5.97 Å². The molecular weight excluding hydrogens is 280 g/mol. The summed E-state index contributed by atoms with van der Waals surface area (Å²) in [6.07, 6.45) is 2.17. The van der Waals surface area contributed by atoms with Crippen molar-refractivity contribution in [1.82, 2.24) is 9.88 Å². The highest BCUT2D eigenvalue weighted by atomic mass is 16.4. The van der Waals surface area contributed by atoms with E-state index in [1.165, 1.54) is 0 Å². The van der Waals surface area contributed by atoms with Gasteiger partial charge in [-0.3, -0.25) is 9.59 Å². The van der Waals surface area contributed by atoms with Crippen LogP contribution in [-0.2, 0) is 18.3 Å². The maximum absolute atomic E-state index is 12.0. The Hall–Kier alpha value is -2.56. The van der Waals surface area contributed by atoms with E-state index >= 15 is 0 Å². The second-order valence-electron chi connectivity index (χ2n) is 5.44. The molecule has 0 saturated heterocycles. The van der Waals surface area contributed by atoms with Crippen molar-refractivity contribution >= 4 is 11.9 Å². The second-order valence-corrected chi connectivity index (χ2v) is 5.44. The normalized spacial score (nSPS) is 11.9. The standard InChI is InChI=1S/C17H20N2O3/c1-12-5-3-6-13(9-12)10-14(17(21)22)11-18-16(20)15-7-4-8-19(15)2/h3-9,14H,10-11H2,1-2H3,(H,18,20)(H,21,22). The van der Waals surface area contributed by atoms with E-state index in [-0.39, 0.29) is 12.5 Å². The lowest BCUT2D eigenvalue weighted by Crippen LogP contribution is -2.34. The van der Waals surface area contributed by atoms with Gasteiger partial charge in [0, 0.05) is 19.8 Å². The molecule has 0 saturated carbocycles. The maximum atomic E-state index is 12.0. The van der Waals surface area contributed by atoms with Crippen molar-refractivity contribution in [3.63, 3.8) is 0 Å². The average molecular weight is 300 g/mol. The predicted octanol–water partition coefficient (Wildman–Crippen LogP) is 2.01. The zero-order valence-electron chi connectivity index (χ0n) is 12.7. The quantitative estimate of drug-likeness (QED) is 0.857. The molecular formula is C17H20N2O3. The number of carboxylic acid groups (broad SMARTS) is 1. The van der Waals surface area contributed by atoms with Gasteiger partial charge in [0.05, 0.1) is 5.92 Å². The van der Waals surface area contributed by atoms with Crippen molar-refractivity contribution in [3.8, 4) is 0 Å². The first-order valence-corrected chi connectivity index (χ1v) is 7.15. The Morgan fingerprint density at radius 2 is 2.05 bits per heavy atom. The van der Waals surface area contributed by atoms with Crippen LogP contribution >= 0.6 is 0 Å². The summed E-state index contributed by atoms with van der Waals surface area (Å²) in [4.78, 5) is 23.4. The van der Waals surface area contributed by atoms with Crippen LogP contribution in [0.15, 0.2) is 42.6 Å². The van der Waals surface area contributed by atoms with Crippen LogP contribution in [0.25, 0.3) is 0 Å². The lowest BCUT2D eigenvalue weighted by atomic mass is 9.98. The molecule has 1 aromatic carbocycles. The molecule has 0 spiro atoms. The highest BCUT2D eigenvalue weighted by Crippen LogP contribution is 2.11. The Kier molecular flexibility index (Phi) is 4.99. The number of benzene rings is 1. The van der Waals surface area contributed by atoms with Crippen LogP contribution in [0.2, 0.25) is 0 Å². The van der Waals surface area contributed by atoms with Crippen molar-refractivity contribution in [1.29, 1.82) is 0 Å². The molecule has 2 aromatic rings. The van der Waals surface area contributed by atoms with Crippen molar-refractivity contribution in [2.24, 2.45) is 13.0 Å². The summed E-state index contributed by atoms with van der Waals surface area (Å²) >= 11 is 0. The minimum Gasteiger partial charge on any atom is -0.481 e. The van der Waals surface area contributed by atoms with E-state index in [9.17, 15) is 14.7 Å². The fourth-order valence-corrected chi connectivity index (χ4v) is 2.37. The van der Waals surface area contributed by atoms with Crippen LogP contribution in [0.4, 0.5) is 0 Å². The van der Waals surface area contributed by atoms with Crippen LogP contribution in [0.5, 0.6) is 0 Å². The third-order valence-corrected chi connectivity index (χ3v) is 3.60. The molecule has 1 atom stereocenters. The monoisotopic (exact) mass is 300 g/mol. The SMILES string of the molecule is Cc1cccc(CC(CNC(=O)c2cccn2C)C(=O)O)c1. The third kappa shape index (κ3) is 3.97. The highest BCUT2D eigenvalue weighted by molar-refractivity contribution is 5.92. The van der Waals surface area contributed by atoms with E-state index in [1.807, 2.05) is 31.2 Å². The largest absolute Gasteiger partial charge is 0.481 e. The van der Waals surface area contributed by atoms with Crippen LogP contribution in [0.1, 0.15) is 21.6 Å². The summed E-state index contributed by atoms with van der Waals surface area (Å²) in [6.45, 7) is 2.07. The fourth-order valence-electron chi connectivity index (χ4n) is 2.37. The van der Waals surface area contributed by atoms with E-state index in [2.05, 4.69) is 5.32 Å². The van der Waals surface area contributed by atoms with E-state index in [0.29, 0.717) is 12.1 Å². The molecule has 0 bridgehead atoms. The Morgan fingerprint density at radius 3 is 2.64 bits per heavy atom. The molecule has 1 aromatic heterocycles. The summed E-state index contributed by atoms with van der Waals surface area (Å²) < 4.78 is 1.70. The van der Waals surface area contributed by atoms with Crippen molar-refractivity contribution in [2.45, 2.75) is 13.3 Å². The zero-order valence-corrected chi connectivity index (χ0v) is 12.7. The molecule has 5 heteroatoms. The molecule has 0 aliphatic heterocycles. The third-order valence-electron chi connectivity index (χ3n) is 3.60. The van der Waals surface area contributed by atoms with Crippen molar-refractivity contribution < 1.29 is 14.7 Å². The average Bonchev–Trinajstić information content (AvgIpc) is 2.89. The van der Waals surface area contributed by atoms with Gasteiger partial charge in [-0.2, -0.15) is 0 Å². The minimum atomic E-state index is -0.909. The molecule has 2 rings (SSSR count). The Balaban J connectivity index is 1.99. The number of nitrogens with one attached hydrogen (secondary N) is 1. The van der Waals surface area contributed by atoms with E-state index in [4.69, 9.17) is 0 Å². The van der Waals surface area contributed by atoms with Gasteiger partial charge in [0.1, 0.15) is 5.69 Å². The number of aryl methyl sites for hydroxylation is 2. The molecule has 116 valence electrons. The number of aliphatic carboxylic acids is 1. The van der Waals surface area contributed by atoms with E-state index in [1.54, 1.807) is 29.9 Å². The second kappa shape index (κ2) is 6.93. The predicted molar refractivity (Wildman–Crippen MR) is 83.8 cm³/mol. The molecule has 0 radical (unpaired) electrons. The maximum Gasteiger partial charge on any atom is 0.308 e. The molecule has 1 unspecified atom stereocenters. The summed E-state index contributed by atoms with van der Waals surface area (Å²) in [5.74, 6) is -1.82. The van der Waals surface area contributed by atoms with Crippen LogP contribution in [0.3, 0.4) is 0 Å². The molecule has 22 heavy (non-hydrogen) atoms. The summed E-state index contributed by atoms with van der Waals surface area (Å²) in [6, 6.07) is 11.2.